The molecule has 9 nitrogen and oxygen atoms in total. The molecule has 0 aromatic heterocycles. The minimum Gasteiger partial charge on any atom is -0.503 e. The second kappa shape index (κ2) is 11.0. The Kier molecular flexibility index (Phi) is 7.42. The Labute approximate surface area is 288 Å². The van der Waals surface area contributed by atoms with E-state index in [9.17, 15) is 29.1 Å². The number of nitrogens with zero attached hydrogens (tertiary/aromatic N) is 2. The van der Waals surface area contributed by atoms with Gasteiger partial charge in [0.2, 0.25) is 11.8 Å². The average Bonchev–Trinajstić information content (AvgIpc) is 3.40. The van der Waals surface area contributed by atoms with Crippen LogP contribution in [0.1, 0.15) is 40.2 Å². The number of imide groups is 2. The third-order valence-corrected chi connectivity index (χ3v) is 12.1. The van der Waals surface area contributed by atoms with Gasteiger partial charge in [0.1, 0.15) is 0 Å². The molecular formula is C35H27BrCl2N2O7. The van der Waals surface area contributed by atoms with Gasteiger partial charge in [-0.3, -0.25) is 33.8 Å². The third kappa shape index (κ3) is 4.30. The lowest BCUT2D eigenvalue weighted by Crippen LogP contribution is -2.60. The van der Waals surface area contributed by atoms with E-state index in [1.54, 1.807) is 54.6 Å². The normalized spacial score (nSPS) is 29.8. The quantitative estimate of drug-likeness (QED) is 0.157. The number of rotatable bonds is 5. The number of halogens is 3. The molecule has 0 spiro atoms. The van der Waals surface area contributed by atoms with Crippen molar-refractivity contribution in [1.29, 1.82) is 0 Å². The molecule has 2 heterocycles. The van der Waals surface area contributed by atoms with Gasteiger partial charge in [0.05, 0.1) is 29.1 Å². The summed E-state index contributed by atoms with van der Waals surface area (Å²) in [5, 5.41) is 10.5. The number of hydrogen-bond acceptors (Lipinski definition) is 7. The van der Waals surface area contributed by atoms with Gasteiger partial charge in [-0.2, -0.15) is 0 Å². The van der Waals surface area contributed by atoms with Gasteiger partial charge in [0, 0.05) is 24.1 Å². The molecule has 3 aromatic rings. The summed E-state index contributed by atoms with van der Waals surface area (Å²) >= 11 is 17.8. The monoisotopic (exact) mass is 736 g/mol. The molecule has 4 amide bonds. The summed E-state index contributed by atoms with van der Waals surface area (Å²) < 4.78 is 5.64. The molecule has 1 saturated carbocycles. The lowest BCUT2D eigenvalue weighted by Gasteiger charge is -2.50. The summed E-state index contributed by atoms with van der Waals surface area (Å²) in [7, 11) is 2.70. The van der Waals surface area contributed by atoms with Crippen molar-refractivity contribution in [2.45, 2.75) is 28.5 Å². The number of phenolic OH excluding ortho intramolecular Hbond substituents is 1. The van der Waals surface area contributed by atoms with Crippen LogP contribution in [0.4, 0.5) is 5.69 Å². The van der Waals surface area contributed by atoms with Gasteiger partial charge in [0.25, 0.3) is 11.8 Å². The van der Waals surface area contributed by atoms with Crippen LogP contribution < -0.4 is 9.64 Å². The van der Waals surface area contributed by atoms with Gasteiger partial charge in [-0.05, 0) is 76.7 Å². The van der Waals surface area contributed by atoms with E-state index >= 15 is 0 Å². The summed E-state index contributed by atoms with van der Waals surface area (Å²) in [6.07, 6.45) is 1.87. The molecule has 12 heteroatoms. The highest BCUT2D eigenvalue weighted by Gasteiger charge is 2.76. The Hall–Kier alpha value is -3.99. The summed E-state index contributed by atoms with van der Waals surface area (Å²) in [6.45, 7) is 0. The Morgan fingerprint density at radius 3 is 2.26 bits per heavy atom. The van der Waals surface area contributed by atoms with Crippen molar-refractivity contribution >= 4 is 74.2 Å². The topological polar surface area (TPSA) is 121 Å². The van der Waals surface area contributed by atoms with Crippen molar-refractivity contribution in [3.05, 3.63) is 99.5 Å². The van der Waals surface area contributed by atoms with Gasteiger partial charge < -0.3 is 9.84 Å². The Balaban J connectivity index is 1.30. The fraction of sp³-hybridized carbons (Fsp3) is 0.286. The van der Waals surface area contributed by atoms with Gasteiger partial charge >= 0.3 is 0 Å². The third-order valence-electron chi connectivity index (χ3n) is 10.0. The fourth-order valence-corrected chi connectivity index (χ4v) is 9.29. The van der Waals surface area contributed by atoms with Crippen molar-refractivity contribution in [3.63, 3.8) is 0 Å². The molecule has 240 valence electrons. The maximum absolute atomic E-state index is 14.3. The number of likely N-dealkylation sites (tertiary alicyclic amines) is 1. The molecule has 2 saturated heterocycles. The van der Waals surface area contributed by atoms with E-state index in [4.69, 9.17) is 27.9 Å². The molecule has 1 N–H and O–H groups in total. The van der Waals surface area contributed by atoms with Crippen LogP contribution in [0.5, 0.6) is 11.5 Å². The van der Waals surface area contributed by atoms with Crippen LogP contribution in [0.15, 0.2) is 82.9 Å². The van der Waals surface area contributed by atoms with Crippen molar-refractivity contribution < 1.29 is 33.8 Å². The van der Waals surface area contributed by atoms with E-state index in [2.05, 4.69) is 15.9 Å². The van der Waals surface area contributed by atoms with Crippen molar-refractivity contribution in [2.24, 2.45) is 17.8 Å². The number of ether oxygens (including phenoxy) is 1. The molecule has 6 unspecified atom stereocenters. The average molecular weight is 738 g/mol. The Morgan fingerprint density at radius 2 is 1.60 bits per heavy atom. The Morgan fingerprint density at radius 1 is 0.936 bits per heavy atom. The smallest absolute Gasteiger partial charge is 0.253 e. The number of carbonyl (C=O) groups is 5. The standard InChI is InChI=1S/C35H27BrCl2N2O7/c1-39-32(45)34(37)16-23-21(27(35(34,38)33(39)46)19-14-24(36)29(42)25(15-19)47-2)12-13-22-26(23)31(44)40(30(22)43)20-10-8-18(9-11-20)28(41)17-6-4-3-5-7-17/h3-12,14-15,22-23,26-27,42H,13,16H2,1-2H3. The van der Waals surface area contributed by atoms with E-state index in [0.717, 1.165) is 9.80 Å². The first-order valence-corrected chi connectivity index (χ1v) is 16.4. The number of anilines is 1. The van der Waals surface area contributed by atoms with Gasteiger partial charge in [-0.15, -0.1) is 23.2 Å². The van der Waals surface area contributed by atoms with Gasteiger partial charge in [-0.25, -0.2) is 0 Å². The zero-order valence-corrected chi connectivity index (χ0v) is 28.2. The second-order valence-corrected chi connectivity index (χ2v) is 14.4. The van der Waals surface area contributed by atoms with Crippen LogP contribution in [0.3, 0.4) is 0 Å². The lowest BCUT2D eigenvalue weighted by atomic mass is 9.56. The highest BCUT2D eigenvalue weighted by Crippen LogP contribution is 2.65. The molecule has 4 aliphatic rings. The van der Waals surface area contributed by atoms with Gasteiger partial charge in [0.15, 0.2) is 27.0 Å². The molecule has 3 aromatic carbocycles. The summed E-state index contributed by atoms with van der Waals surface area (Å²) in [5.41, 5.74) is 2.28. The number of carbonyl (C=O) groups excluding carboxylic acids is 5. The molecule has 2 aliphatic carbocycles. The predicted molar refractivity (Wildman–Crippen MR) is 177 cm³/mol. The molecule has 0 bridgehead atoms. The molecule has 47 heavy (non-hydrogen) atoms. The zero-order valence-electron chi connectivity index (χ0n) is 25.1. The fourth-order valence-electron chi connectivity index (χ4n) is 7.81. The first-order valence-electron chi connectivity index (χ1n) is 14.9. The highest BCUT2D eigenvalue weighted by molar-refractivity contribution is 9.10. The van der Waals surface area contributed by atoms with Crippen LogP contribution in [0.25, 0.3) is 0 Å². The SMILES string of the molecule is COc1cc(C2C3=CCC4C(=O)N(c5ccc(C(=O)c6ccccc6)cc5)C(=O)C4C3CC3(Cl)C(=O)N(C)C(=O)C23Cl)cc(Br)c1O. The van der Waals surface area contributed by atoms with Gasteiger partial charge in [-0.1, -0.05) is 42.0 Å². The van der Waals surface area contributed by atoms with Crippen LogP contribution in [0.2, 0.25) is 0 Å². The molecule has 2 aliphatic heterocycles. The number of benzene rings is 3. The Bertz CT molecular complexity index is 1930. The number of fused-ring (bicyclic) bond motifs is 4. The minimum atomic E-state index is -1.97. The van der Waals surface area contributed by atoms with Crippen LogP contribution in [-0.4, -0.2) is 63.3 Å². The summed E-state index contributed by atoms with van der Waals surface area (Å²) in [4.78, 5) is 66.8. The van der Waals surface area contributed by atoms with E-state index in [-0.39, 0.29) is 34.6 Å². The number of alkyl halides is 2. The second-order valence-electron chi connectivity index (χ2n) is 12.3. The number of amides is 4. The number of ketones is 1. The lowest BCUT2D eigenvalue weighted by molar-refractivity contribution is -0.138. The highest BCUT2D eigenvalue weighted by atomic mass is 79.9. The number of methoxy groups -OCH3 is 1. The number of allylic oxidation sites excluding steroid dienone is 2. The molecular weight excluding hydrogens is 711 g/mol. The first-order chi connectivity index (χ1) is 22.3. The van der Waals surface area contributed by atoms with E-state index < -0.39 is 57.0 Å². The van der Waals surface area contributed by atoms with Crippen LogP contribution in [-0.2, 0) is 19.2 Å². The van der Waals surface area contributed by atoms with Crippen LogP contribution in [0, 0.1) is 17.8 Å². The largest absolute Gasteiger partial charge is 0.503 e. The number of hydrogen-bond donors (Lipinski definition) is 1. The van der Waals surface area contributed by atoms with E-state index in [0.29, 0.717) is 28.0 Å². The molecule has 0 radical (unpaired) electrons. The zero-order chi connectivity index (χ0) is 33.6. The van der Waals surface area contributed by atoms with Crippen molar-refractivity contribution in [1.82, 2.24) is 4.90 Å². The minimum absolute atomic E-state index is 0.101. The first kappa shape index (κ1) is 31.6. The summed E-state index contributed by atoms with van der Waals surface area (Å²) in [6, 6.07) is 18.2. The number of aromatic hydroxyl groups is 1. The molecule has 6 atom stereocenters. The maximum atomic E-state index is 14.3. The maximum Gasteiger partial charge on any atom is 0.253 e. The van der Waals surface area contributed by atoms with Crippen molar-refractivity contribution in [2.75, 3.05) is 19.1 Å². The molecule has 3 fully saturated rings. The van der Waals surface area contributed by atoms with Crippen molar-refractivity contribution in [3.8, 4) is 11.5 Å². The van der Waals surface area contributed by atoms with E-state index in [1.165, 1.54) is 20.2 Å². The number of phenols is 1. The predicted octanol–water partition coefficient (Wildman–Crippen LogP) is 5.59. The molecule has 7 rings (SSSR count). The van der Waals surface area contributed by atoms with Crippen LogP contribution >= 0.6 is 39.1 Å². The summed E-state index contributed by atoms with van der Waals surface area (Å²) in [5.74, 6) is -5.85. The van der Waals surface area contributed by atoms with E-state index in [1.807, 2.05) is 12.1 Å².